The molecule has 0 saturated heterocycles. The predicted octanol–water partition coefficient (Wildman–Crippen LogP) is 4.35. The van der Waals surface area contributed by atoms with Crippen LogP contribution in [0.4, 0.5) is 0 Å². The molecule has 2 aliphatic carbocycles. The largest absolute Gasteiger partial charge is 0.369 e. The molecule has 0 aliphatic heterocycles. The van der Waals surface area contributed by atoms with Gasteiger partial charge in [0.1, 0.15) is 5.78 Å². The number of primary amides is 1. The molecule has 6 heteroatoms. The van der Waals surface area contributed by atoms with Crippen LogP contribution in [0.2, 0.25) is 0 Å². The maximum Gasteiger partial charge on any atom is 0.228 e. The molecule has 1 fully saturated rings. The minimum absolute atomic E-state index is 0.0313. The lowest BCUT2D eigenvalue weighted by atomic mass is 9.53. The number of hydrogen-bond donors (Lipinski definition) is 1. The van der Waals surface area contributed by atoms with E-state index in [0.29, 0.717) is 12.2 Å². The van der Waals surface area contributed by atoms with E-state index in [4.69, 9.17) is 15.7 Å². The molecule has 2 aliphatic rings. The summed E-state index contributed by atoms with van der Waals surface area (Å²) in [5.41, 5.74) is 12.3. The molecule has 2 heterocycles. The Morgan fingerprint density at radius 3 is 2.50 bits per heavy atom. The van der Waals surface area contributed by atoms with E-state index in [0.717, 1.165) is 46.6 Å². The van der Waals surface area contributed by atoms with Crippen LogP contribution in [0, 0.1) is 31.6 Å². The normalized spacial score (nSPS) is 26.0. The third kappa shape index (κ3) is 3.52. The van der Waals surface area contributed by atoms with Gasteiger partial charge in [-0.25, -0.2) is 9.97 Å². The van der Waals surface area contributed by atoms with E-state index < -0.39 is 17.2 Å². The molecule has 0 spiro atoms. The predicted molar refractivity (Wildman–Crippen MR) is 131 cm³/mol. The standard InChI is InChI=1S/C28H30N4O2/c1-15-5-7-18(8-6-15)23-20-9-10-22-17(3)24(33)21(26(29)34)14-28(22,4)25(20)32-27(31-23)19-11-12-30-16(2)13-19/h5-8,11-13,17,21-22H,9-10,14H2,1-4H3,(H2,29,34)/t17-,21?,22-,28-/m1/s1. The molecule has 174 valence electrons. The summed E-state index contributed by atoms with van der Waals surface area (Å²) in [5, 5.41) is 0. The summed E-state index contributed by atoms with van der Waals surface area (Å²) in [6.45, 7) is 8.12. The average Bonchev–Trinajstić information content (AvgIpc) is 2.81. The van der Waals surface area contributed by atoms with Crippen LogP contribution in [-0.4, -0.2) is 26.6 Å². The molecule has 0 bridgehead atoms. The summed E-state index contributed by atoms with van der Waals surface area (Å²) >= 11 is 0. The van der Waals surface area contributed by atoms with E-state index in [9.17, 15) is 9.59 Å². The molecule has 1 amide bonds. The number of nitrogens with zero attached hydrogens (tertiary/aromatic N) is 3. The van der Waals surface area contributed by atoms with Crippen LogP contribution in [0.3, 0.4) is 0 Å². The molecule has 5 rings (SSSR count). The fourth-order valence-electron chi connectivity index (χ4n) is 6.08. The Balaban J connectivity index is 1.76. The second kappa shape index (κ2) is 8.12. The number of nitrogens with two attached hydrogens (primary N) is 1. The number of fused-ring (bicyclic) bond motifs is 3. The summed E-state index contributed by atoms with van der Waals surface area (Å²) in [6, 6.07) is 12.3. The summed E-state index contributed by atoms with van der Waals surface area (Å²) in [4.78, 5) is 39.7. The molecule has 34 heavy (non-hydrogen) atoms. The number of benzene rings is 1. The van der Waals surface area contributed by atoms with Crippen molar-refractivity contribution in [3.63, 3.8) is 0 Å². The molecule has 1 saturated carbocycles. The SMILES string of the molecule is Cc1ccc(-c2nc(-c3ccnc(C)c3)nc3c2CC[C@@H]2[C@@H](C)C(=O)C(C(N)=O)C[C@@]32C)cc1. The lowest BCUT2D eigenvalue weighted by molar-refractivity contribution is -0.141. The highest BCUT2D eigenvalue weighted by Crippen LogP contribution is 2.53. The molecule has 1 unspecified atom stereocenters. The highest BCUT2D eigenvalue weighted by atomic mass is 16.2. The van der Waals surface area contributed by atoms with Gasteiger partial charge in [-0.3, -0.25) is 14.6 Å². The van der Waals surface area contributed by atoms with Crippen molar-refractivity contribution >= 4 is 11.7 Å². The third-order valence-electron chi connectivity index (χ3n) is 7.92. The molecule has 6 nitrogen and oxygen atoms in total. The minimum Gasteiger partial charge on any atom is -0.369 e. The number of ketones is 1. The first kappa shape index (κ1) is 22.4. The Hall–Kier alpha value is -3.41. The van der Waals surface area contributed by atoms with E-state index in [1.54, 1.807) is 6.20 Å². The molecule has 3 aromatic rings. The summed E-state index contributed by atoms with van der Waals surface area (Å²) in [6.07, 6.45) is 3.82. The van der Waals surface area contributed by atoms with Gasteiger partial charge in [0.2, 0.25) is 5.91 Å². The highest BCUT2D eigenvalue weighted by Gasteiger charge is 2.54. The number of carbonyl (C=O) groups excluding carboxylic acids is 2. The molecular formula is C28H30N4O2. The number of rotatable bonds is 3. The zero-order chi connectivity index (χ0) is 24.2. The monoisotopic (exact) mass is 454 g/mol. The lowest BCUT2D eigenvalue weighted by Crippen LogP contribution is -2.53. The van der Waals surface area contributed by atoms with Gasteiger partial charge >= 0.3 is 0 Å². The Bertz CT molecular complexity index is 1300. The molecular weight excluding hydrogens is 424 g/mol. The van der Waals surface area contributed by atoms with Gasteiger partial charge in [-0.05, 0) is 51.2 Å². The number of hydrogen-bond acceptors (Lipinski definition) is 5. The first-order valence-electron chi connectivity index (χ1n) is 11.9. The van der Waals surface area contributed by atoms with Crippen molar-refractivity contribution in [1.82, 2.24) is 15.0 Å². The summed E-state index contributed by atoms with van der Waals surface area (Å²) in [7, 11) is 0. The van der Waals surface area contributed by atoms with E-state index in [1.165, 1.54) is 5.56 Å². The van der Waals surface area contributed by atoms with Crippen LogP contribution >= 0.6 is 0 Å². The first-order chi connectivity index (χ1) is 16.2. The number of amides is 1. The van der Waals surface area contributed by atoms with Crippen molar-refractivity contribution in [2.24, 2.45) is 23.5 Å². The second-order valence-electron chi connectivity index (χ2n) is 10.2. The number of pyridine rings is 1. The van der Waals surface area contributed by atoms with Crippen molar-refractivity contribution < 1.29 is 9.59 Å². The number of aryl methyl sites for hydroxylation is 2. The van der Waals surface area contributed by atoms with Crippen molar-refractivity contribution in [1.29, 1.82) is 0 Å². The van der Waals surface area contributed by atoms with Gasteiger partial charge in [0.05, 0.1) is 17.3 Å². The Kier molecular flexibility index (Phi) is 5.34. The third-order valence-corrected chi connectivity index (χ3v) is 7.92. The fourth-order valence-corrected chi connectivity index (χ4v) is 6.08. The number of aromatic nitrogens is 3. The Morgan fingerprint density at radius 1 is 1.09 bits per heavy atom. The van der Waals surface area contributed by atoms with Crippen LogP contribution in [0.25, 0.3) is 22.6 Å². The van der Waals surface area contributed by atoms with Gasteiger partial charge in [-0.2, -0.15) is 0 Å². The van der Waals surface area contributed by atoms with E-state index in [1.807, 2.05) is 26.0 Å². The van der Waals surface area contributed by atoms with Crippen LogP contribution in [0.15, 0.2) is 42.6 Å². The minimum atomic E-state index is -0.786. The van der Waals surface area contributed by atoms with Gasteiger partial charge in [-0.15, -0.1) is 0 Å². The van der Waals surface area contributed by atoms with Crippen LogP contribution in [0.1, 0.15) is 49.2 Å². The van der Waals surface area contributed by atoms with Crippen molar-refractivity contribution in [2.45, 2.75) is 52.4 Å². The summed E-state index contributed by atoms with van der Waals surface area (Å²) in [5.74, 6) is -0.851. The molecule has 2 N–H and O–H groups in total. The van der Waals surface area contributed by atoms with Crippen molar-refractivity contribution in [3.05, 3.63) is 65.1 Å². The Morgan fingerprint density at radius 2 is 1.82 bits per heavy atom. The maximum atomic E-state index is 13.0. The Labute approximate surface area is 200 Å². The zero-order valence-corrected chi connectivity index (χ0v) is 20.1. The van der Waals surface area contributed by atoms with Gasteiger partial charge in [-0.1, -0.05) is 43.7 Å². The molecule has 1 aromatic carbocycles. The lowest BCUT2D eigenvalue weighted by Gasteiger charge is -2.50. The maximum absolute atomic E-state index is 13.0. The smallest absolute Gasteiger partial charge is 0.228 e. The topological polar surface area (TPSA) is 98.8 Å². The average molecular weight is 455 g/mol. The van der Waals surface area contributed by atoms with Gasteiger partial charge in [0.25, 0.3) is 0 Å². The fraction of sp³-hybridized carbons (Fsp3) is 0.393. The number of carbonyl (C=O) groups is 2. The highest BCUT2D eigenvalue weighted by molar-refractivity contribution is 6.02. The summed E-state index contributed by atoms with van der Waals surface area (Å²) < 4.78 is 0. The van der Waals surface area contributed by atoms with Crippen molar-refractivity contribution in [2.75, 3.05) is 0 Å². The quantitative estimate of drug-likeness (QED) is 0.593. The zero-order valence-electron chi connectivity index (χ0n) is 20.1. The van der Waals surface area contributed by atoms with E-state index >= 15 is 0 Å². The van der Waals surface area contributed by atoms with Crippen LogP contribution < -0.4 is 5.73 Å². The second-order valence-corrected chi connectivity index (χ2v) is 10.2. The molecule has 2 aromatic heterocycles. The van der Waals surface area contributed by atoms with E-state index in [-0.39, 0.29) is 17.6 Å². The molecule has 0 radical (unpaired) electrons. The van der Waals surface area contributed by atoms with Crippen LogP contribution in [-0.2, 0) is 21.4 Å². The number of Topliss-reactive ketones (excluding diaryl/α,β-unsaturated/α-hetero) is 1. The first-order valence-corrected chi connectivity index (χ1v) is 11.9. The molecule has 4 atom stereocenters. The van der Waals surface area contributed by atoms with Gasteiger partial charge < -0.3 is 5.73 Å². The van der Waals surface area contributed by atoms with Crippen LogP contribution in [0.5, 0.6) is 0 Å². The van der Waals surface area contributed by atoms with Crippen molar-refractivity contribution in [3.8, 4) is 22.6 Å². The van der Waals surface area contributed by atoms with Gasteiger partial charge in [0.15, 0.2) is 5.82 Å². The van der Waals surface area contributed by atoms with E-state index in [2.05, 4.69) is 43.1 Å². The van der Waals surface area contributed by atoms with Gasteiger partial charge in [0, 0.05) is 39.9 Å².